The first-order valence-corrected chi connectivity index (χ1v) is 5.81. The third kappa shape index (κ3) is 2.25. The largest absolute Gasteiger partial charge is 0.309 e. The van der Waals surface area contributed by atoms with Gasteiger partial charge in [0.2, 0.25) is 0 Å². The van der Waals surface area contributed by atoms with Gasteiger partial charge in [-0.25, -0.2) is 0 Å². The van der Waals surface area contributed by atoms with Gasteiger partial charge in [-0.3, -0.25) is 4.68 Å². The predicted molar refractivity (Wildman–Crippen MR) is 55.9 cm³/mol. The second kappa shape index (κ2) is 4.15. The second-order valence-electron chi connectivity index (χ2n) is 3.38. The fourth-order valence-electron chi connectivity index (χ4n) is 1.54. The molecule has 1 aliphatic rings. The van der Waals surface area contributed by atoms with Crippen molar-refractivity contribution in [2.75, 3.05) is 18.1 Å². The van der Waals surface area contributed by atoms with Crippen LogP contribution in [0, 0.1) is 0 Å². The monoisotopic (exact) mass is 197 g/mol. The van der Waals surface area contributed by atoms with Crippen LogP contribution in [0.5, 0.6) is 0 Å². The molecule has 2 rings (SSSR count). The highest BCUT2D eigenvalue weighted by Crippen LogP contribution is 2.20. The first-order valence-electron chi connectivity index (χ1n) is 4.66. The molecule has 3 nitrogen and oxygen atoms in total. The lowest BCUT2D eigenvalue weighted by Crippen LogP contribution is -2.21. The molecule has 0 aromatic carbocycles. The molecule has 1 unspecified atom stereocenters. The van der Waals surface area contributed by atoms with Crippen molar-refractivity contribution in [2.45, 2.75) is 12.5 Å². The third-order valence-corrected chi connectivity index (χ3v) is 3.41. The summed E-state index contributed by atoms with van der Waals surface area (Å²) in [5.41, 5.74) is 1.32. The molecule has 1 aliphatic heterocycles. The van der Waals surface area contributed by atoms with Crippen LogP contribution in [0.4, 0.5) is 0 Å². The highest BCUT2D eigenvalue weighted by atomic mass is 32.2. The Bertz CT molecular complexity index is 264. The van der Waals surface area contributed by atoms with E-state index in [4.69, 9.17) is 0 Å². The molecule has 1 saturated heterocycles. The van der Waals surface area contributed by atoms with Crippen LogP contribution in [0.2, 0.25) is 0 Å². The molecule has 0 saturated carbocycles. The Kier molecular flexibility index (Phi) is 2.90. The van der Waals surface area contributed by atoms with Gasteiger partial charge >= 0.3 is 0 Å². The van der Waals surface area contributed by atoms with Crippen molar-refractivity contribution in [1.29, 1.82) is 0 Å². The van der Waals surface area contributed by atoms with E-state index in [1.165, 1.54) is 23.5 Å². The minimum Gasteiger partial charge on any atom is -0.309 e. The molecular formula is C9H15N3S. The van der Waals surface area contributed by atoms with Gasteiger partial charge in [0.05, 0.1) is 6.20 Å². The van der Waals surface area contributed by atoms with Gasteiger partial charge in [0.1, 0.15) is 0 Å². The highest BCUT2D eigenvalue weighted by molar-refractivity contribution is 7.99. The molecule has 0 radical (unpaired) electrons. The van der Waals surface area contributed by atoms with E-state index in [2.05, 4.69) is 16.6 Å². The molecule has 4 heteroatoms. The molecule has 1 N–H and O–H groups in total. The Labute approximate surface area is 82.9 Å². The quantitative estimate of drug-likeness (QED) is 0.733. The van der Waals surface area contributed by atoms with Crippen LogP contribution in [0.25, 0.3) is 0 Å². The zero-order valence-corrected chi connectivity index (χ0v) is 8.68. The summed E-state index contributed by atoms with van der Waals surface area (Å²) in [6.07, 6.45) is 5.34. The van der Waals surface area contributed by atoms with Crippen LogP contribution in [0.3, 0.4) is 0 Å². The molecule has 2 heterocycles. The van der Waals surface area contributed by atoms with Crippen LogP contribution in [0.1, 0.15) is 18.0 Å². The van der Waals surface area contributed by atoms with Crippen molar-refractivity contribution < 1.29 is 0 Å². The van der Waals surface area contributed by atoms with Crippen LogP contribution in [0.15, 0.2) is 12.4 Å². The fourth-order valence-corrected chi connectivity index (χ4v) is 2.61. The zero-order valence-electron chi connectivity index (χ0n) is 7.86. The topological polar surface area (TPSA) is 29.9 Å². The van der Waals surface area contributed by atoms with Gasteiger partial charge in [-0.15, -0.1) is 0 Å². The maximum Gasteiger partial charge on any atom is 0.0537 e. The van der Waals surface area contributed by atoms with Crippen molar-refractivity contribution >= 4 is 11.8 Å². The Balaban J connectivity index is 2.06. The number of rotatable bonds is 1. The van der Waals surface area contributed by atoms with Crippen LogP contribution in [-0.2, 0) is 7.05 Å². The molecule has 1 fully saturated rings. The van der Waals surface area contributed by atoms with Crippen molar-refractivity contribution in [3.63, 3.8) is 0 Å². The number of aromatic nitrogens is 2. The number of nitrogens with one attached hydrogen (secondary N) is 1. The van der Waals surface area contributed by atoms with Crippen molar-refractivity contribution in [2.24, 2.45) is 7.05 Å². The Hall–Kier alpha value is -0.480. The molecule has 1 atom stereocenters. The van der Waals surface area contributed by atoms with Crippen molar-refractivity contribution in [3.05, 3.63) is 18.0 Å². The minimum absolute atomic E-state index is 0.501. The van der Waals surface area contributed by atoms with E-state index >= 15 is 0 Å². The van der Waals surface area contributed by atoms with Gasteiger partial charge in [-0.1, -0.05) is 0 Å². The maximum absolute atomic E-state index is 4.19. The molecule has 0 aliphatic carbocycles. The second-order valence-corrected chi connectivity index (χ2v) is 4.53. The van der Waals surface area contributed by atoms with E-state index < -0.39 is 0 Å². The van der Waals surface area contributed by atoms with E-state index in [-0.39, 0.29) is 0 Å². The summed E-state index contributed by atoms with van der Waals surface area (Å²) in [5, 5.41) is 7.73. The molecule has 0 bridgehead atoms. The third-order valence-electron chi connectivity index (χ3n) is 2.27. The van der Waals surface area contributed by atoms with Gasteiger partial charge in [0, 0.05) is 30.6 Å². The van der Waals surface area contributed by atoms with Gasteiger partial charge in [-0.05, 0) is 18.7 Å². The Morgan fingerprint density at radius 1 is 1.69 bits per heavy atom. The van der Waals surface area contributed by atoms with Crippen LogP contribution in [-0.4, -0.2) is 27.8 Å². The molecule has 0 spiro atoms. The van der Waals surface area contributed by atoms with Gasteiger partial charge < -0.3 is 5.32 Å². The number of hydrogen-bond acceptors (Lipinski definition) is 3. The molecule has 72 valence electrons. The van der Waals surface area contributed by atoms with E-state index in [0.717, 1.165) is 6.54 Å². The number of nitrogens with zero attached hydrogens (tertiary/aromatic N) is 2. The van der Waals surface area contributed by atoms with Gasteiger partial charge in [0.15, 0.2) is 0 Å². The lowest BCUT2D eigenvalue weighted by atomic mass is 10.2. The minimum atomic E-state index is 0.501. The van der Waals surface area contributed by atoms with Crippen LogP contribution < -0.4 is 5.32 Å². The molecule has 1 aromatic rings. The van der Waals surface area contributed by atoms with Crippen molar-refractivity contribution in [3.8, 4) is 0 Å². The normalized spacial score (nSPS) is 24.2. The summed E-state index contributed by atoms with van der Waals surface area (Å²) in [6, 6.07) is 0.501. The Morgan fingerprint density at radius 3 is 3.38 bits per heavy atom. The SMILES string of the molecule is Cn1cc(C2CSCCCN2)cn1. The summed E-state index contributed by atoms with van der Waals surface area (Å²) >= 11 is 2.03. The summed E-state index contributed by atoms with van der Waals surface area (Å²) < 4.78 is 1.87. The first kappa shape index (κ1) is 9.09. The summed E-state index contributed by atoms with van der Waals surface area (Å²) in [5.74, 6) is 2.45. The maximum atomic E-state index is 4.19. The van der Waals surface area contributed by atoms with E-state index in [1.807, 2.05) is 29.7 Å². The first-order chi connectivity index (χ1) is 6.36. The molecule has 0 amide bonds. The average Bonchev–Trinajstić information content (AvgIpc) is 2.43. The lowest BCUT2D eigenvalue weighted by molar-refractivity contribution is 0.589. The Morgan fingerprint density at radius 2 is 2.62 bits per heavy atom. The predicted octanol–water partition coefficient (Wildman–Crippen LogP) is 1.19. The molecule has 1 aromatic heterocycles. The number of aryl methyl sites for hydroxylation is 1. The van der Waals surface area contributed by atoms with Crippen LogP contribution >= 0.6 is 11.8 Å². The highest BCUT2D eigenvalue weighted by Gasteiger charge is 2.14. The lowest BCUT2D eigenvalue weighted by Gasteiger charge is -2.12. The van der Waals surface area contributed by atoms with E-state index in [0.29, 0.717) is 6.04 Å². The van der Waals surface area contributed by atoms with E-state index in [1.54, 1.807) is 0 Å². The average molecular weight is 197 g/mol. The summed E-state index contributed by atoms with van der Waals surface area (Å²) in [4.78, 5) is 0. The summed E-state index contributed by atoms with van der Waals surface area (Å²) in [6.45, 7) is 1.13. The smallest absolute Gasteiger partial charge is 0.0537 e. The molecular weight excluding hydrogens is 182 g/mol. The number of thioether (sulfide) groups is 1. The standard InChI is InChI=1S/C9H15N3S/c1-12-6-8(5-11-12)9-7-13-4-2-3-10-9/h5-6,9-10H,2-4,7H2,1H3. The number of hydrogen-bond donors (Lipinski definition) is 1. The van der Waals surface area contributed by atoms with Gasteiger partial charge in [-0.2, -0.15) is 16.9 Å². The fraction of sp³-hybridized carbons (Fsp3) is 0.667. The molecule has 13 heavy (non-hydrogen) atoms. The van der Waals surface area contributed by atoms with E-state index in [9.17, 15) is 0 Å². The van der Waals surface area contributed by atoms with Crippen molar-refractivity contribution in [1.82, 2.24) is 15.1 Å². The zero-order chi connectivity index (χ0) is 9.10. The summed E-state index contributed by atoms with van der Waals surface area (Å²) in [7, 11) is 1.97. The van der Waals surface area contributed by atoms with Gasteiger partial charge in [0.25, 0.3) is 0 Å².